The molecular weight excluding hydrogens is 251 g/mol. The maximum absolute atomic E-state index is 13.6. The Labute approximate surface area is 111 Å². The zero-order chi connectivity index (χ0) is 13.1. The van der Waals surface area contributed by atoms with E-state index in [0.29, 0.717) is 17.0 Å². The minimum atomic E-state index is -0.321. The highest BCUT2D eigenvalue weighted by Crippen LogP contribution is 2.24. The molecule has 2 rings (SSSR count). The third-order valence-corrected chi connectivity index (χ3v) is 3.20. The average Bonchev–Trinajstić information content (AvgIpc) is 2.34. The van der Waals surface area contributed by atoms with E-state index in [4.69, 9.17) is 17.3 Å². The molecule has 1 aromatic heterocycles. The van der Waals surface area contributed by atoms with Crippen LogP contribution in [-0.4, -0.2) is 4.98 Å². The van der Waals surface area contributed by atoms with Crippen LogP contribution in [0.25, 0.3) is 0 Å². The molecule has 0 aliphatic heterocycles. The van der Waals surface area contributed by atoms with E-state index in [2.05, 4.69) is 4.98 Å². The molecule has 94 valence electrons. The van der Waals surface area contributed by atoms with Gasteiger partial charge in [0, 0.05) is 28.5 Å². The summed E-state index contributed by atoms with van der Waals surface area (Å²) in [7, 11) is 0. The van der Waals surface area contributed by atoms with Crippen LogP contribution in [0.15, 0.2) is 36.5 Å². The minimum Gasteiger partial charge on any atom is -0.324 e. The molecular formula is C14H14ClFN2. The largest absolute Gasteiger partial charge is 0.324 e. The molecule has 0 spiro atoms. The number of hydrogen-bond donors (Lipinski definition) is 1. The van der Waals surface area contributed by atoms with Crippen molar-refractivity contribution in [2.45, 2.75) is 19.4 Å². The van der Waals surface area contributed by atoms with Gasteiger partial charge in [-0.1, -0.05) is 23.7 Å². The first kappa shape index (κ1) is 13.0. The lowest BCUT2D eigenvalue weighted by Crippen LogP contribution is -2.14. The highest BCUT2D eigenvalue weighted by Gasteiger charge is 2.13. The van der Waals surface area contributed by atoms with Crippen LogP contribution in [0.1, 0.15) is 22.9 Å². The van der Waals surface area contributed by atoms with Gasteiger partial charge >= 0.3 is 0 Å². The molecule has 0 radical (unpaired) electrons. The second-order valence-electron chi connectivity index (χ2n) is 4.24. The summed E-state index contributed by atoms with van der Waals surface area (Å²) in [4.78, 5) is 4.18. The van der Waals surface area contributed by atoms with Gasteiger partial charge in [-0.25, -0.2) is 4.39 Å². The highest BCUT2D eigenvalue weighted by molar-refractivity contribution is 6.31. The van der Waals surface area contributed by atoms with Crippen molar-refractivity contribution in [2.75, 3.05) is 0 Å². The molecule has 2 aromatic rings. The molecule has 2 N–H and O–H groups in total. The van der Waals surface area contributed by atoms with Crippen molar-refractivity contribution in [1.29, 1.82) is 0 Å². The first-order chi connectivity index (χ1) is 8.58. The molecule has 0 fully saturated rings. The first-order valence-electron chi connectivity index (χ1n) is 5.69. The molecule has 0 saturated heterocycles. The molecule has 1 heterocycles. The lowest BCUT2D eigenvalue weighted by molar-refractivity contribution is 0.593. The van der Waals surface area contributed by atoms with Gasteiger partial charge in [-0.2, -0.15) is 0 Å². The van der Waals surface area contributed by atoms with E-state index < -0.39 is 0 Å². The topological polar surface area (TPSA) is 38.9 Å². The fourth-order valence-corrected chi connectivity index (χ4v) is 2.00. The van der Waals surface area contributed by atoms with Crippen LogP contribution in [-0.2, 0) is 6.42 Å². The van der Waals surface area contributed by atoms with E-state index in [1.54, 1.807) is 18.3 Å². The quantitative estimate of drug-likeness (QED) is 0.923. The van der Waals surface area contributed by atoms with E-state index >= 15 is 0 Å². The molecule has 0 amide bonds. The number of nitrogens with two attached hydrogens (primary N) is 1. The Morgan fingerprint density at radius 2 is 2.11 bits per heavy atom. The summed E-state index contributed by atoms with van der Waals surface area (Å²) in [6.07, 6.45) is 2.07. The molecule has 2 nitrogen and oxygen atoms in total. The molecule has 1 unspecified atom stereocenters. The van der Waals surface area contributed by atoms with Gasteiger partial charge in [0.2, 0.25) is 0 Å². The number of rotatable bonds is 3. The Morgan fingerprint density at radius 1 is 1.33 bits per heavy atom. The average molecular weight is 265 g/mol. The number of hydrogen-bond acceptors (Lipinski definition) is 2. The zero-order valence-electron chi connectivity index (χ0n) is 10.0. The number of aromatic nitrogens is 1. The van der Waals surface area contributed by atoms with Gasteiger partial charge in [-0.15, -0.1) is 0 Å². The Hall–Kier alpha value is -1.45. The summed E-state index contributed by atoms with van der Waals surface area (Å²) in [6, 6.07) is 8.12. The number of halogens is 2. The Balaban J connectivity index is 2.21. The first-order valence-corrected chi connectivity index (χ1v) is 6.06. The predicted octanol–water partition coefficient (Wildman–Crippen LogP) is 3.43. The van der Waals surface area contributed by atoms with Gasteiger partial charge in [0.15, 0.2) is 0 Å². The minimum absolute atomic E-state index is 0.313. The van der Waals surface area contributed by atoms with Gasteiger partial charge in [-0.3, -0.25) is 4.98 Å². The number of benzene rings is 1. The summed E-state index contributed by atoms with van der Waals surface area (Å²) < 4.78 is 13.6. The highest BCUT2D eigenvalue weighted by atomic mass is 35.5. The maximum atomic E-state index is 13.6. The van der Waals surface area contributed by atoms with E-state index in [0.717, 1.165) is 11.3 Å². The monoisotopic (exact) mass is 264 g/mol. The van der Waals surface area contributed by atoms with Crippen molar-refractivity contribution < 1.29 is 4.39 Å². The standard InChI is InChI=1S/C14H14ClFN2/c1-9-5-6-10(8-18-9)14(17)7-11-12(15)3-2-4-13(11)16/h2-6,8,14H,7,17H2,1H3. The zero-order valence-corrected chi connectivity index (χ0v) is 10.8. The fraction of sp³-hybridized carbons (Fsp3) is 0.214. The molecule has 18 heavy (non-hydrogen) atoms. The van der Waals surface area contributed by atoms with Gasteiger partial charge < -0.3 is 5.73 Å². The molecule has 1 atom stereocenters. The smallest absolute Gasteiger partial charge is 0.127 e. The normalized spacial score (nSPS) is 12.4. The molecule has 0 saturated carbocycles. The van der Waals surface area contributed by atoms with Gasteiger partial charge in [0.25, 0.3) is 0 Å². The maximum Gasteiger partial charge on any atom is 0.127 e. The van der Waals surface area contributed by atoms with Crippen LogP contribution in [0.5, 0.6) is 0 Å². The number of nitrogens with zero attached hydrogens (tertiary/aromatic N) is 1. The van der Waals surface area contributed by atoms with Crippen molar-refractivity contribution in [2.24, 2.45) is 5.73 Å². The van der Waals surface area contributed by atoms with E-state index in [-0.39, 0.29) is 11.9 Å². The lowest BCUT2D eigenvalue weighted by atomic mass is 10.0. The van der Waals surface area contributed by atoms with Gasteiger partial charge in [0.1, 0.15) is 5.82 Å². The van der Waals surface area contributed by atoms with Crippen LogP contribution in [0.2, 0.25) is 5.02 Å². The number of pyridine rings is 1. The molecule has 0 aliphatic rings. The SMILES string of the molecule is Cc1ccc(C(N)Cc2c(F)cccc2Cl)cn1. The van der Waals surface area contributed by atoms with Crippen molar-refractivity contribution in [3.63, 3.8) is 0 Å². The summed E-state index contributed by atoms with van der Waals surface area (Å²) in [5.74, 6) is -0.321. The molecule has 4 heteroatoms. The third kappa shape index (κ3) is 2.86. The van der Waals surface area contributed by atoms with Crippen LogP contribution >= 0.6 is 11.6 Å². The Bertz CT molecular complexity index is 520. The Morgan fingerprint density at radius 3 is 2.72 bits per heavy atom. The van der Waals surface area contributed by atoms with Crippen molar-refractivity contribution in [3.8, 4) is 0 Å². The van der Waals surface area contributed by atoms with E-state index in [9.17, 15) is 4.39 Å². The van der Waals surface area contributed by atoms with Gasteiger partial charge in [-0.05, 0) is 37.1 Å². The van der Waals surface area contributed by atoms with Crippen LogP contribution in [0, 0.1) is 12.7 Å². The van der Waals surface area contributed by atoms with Crippen LogP contribution in [0.3, 0.4) is 0 Å². The van der Waals surface area contributed by atoms with E-state index in [1.807, 2.05) is 19.1 Å². The van der Waals surface area contributed by atoms with Crippen LogP contribution < -0.4 is 5.73 Å². The molecule has 0 aliphatic carbocycles. The second-order valence-corrected chi connectivity index (χ2v) is 4.65. The summed E-state index contributed by atoms with van der Waals surface area (Å²) in [5, 5.41) is 0.408. The molecule has 1 aromatic carbocycles. The van der Waals surface area contributed by atoms with Crippen molar-refractivity contribution >= 4 is 11.6 Å². The second kappa shape index (κ2) is 5.46. The van der Waals surface area contributed by atoms with Gasteiger partial charge in [0.05, 0.1) is 0 Å². The Kier molecular flexibility index (Phi) is 3.94. The fourth-order valence-electron chi connectivity index (χ4n) is 1.76. The summed E-state index contributed by atoms with van der Waals surface area (Å²) in [5.41, 5.74) is 8.30. The molecule has 0 bridgehead atoms. The van der Waals surface area contributed by atoms with Crippen LogP contribution in [0.4, 0.5) is 4.39 Å². The summed E-state index contributed by atoms with van der Waals surface area (Å²) in [6.45, 7) is 1.91. The van der Waals surface area contributed by atoms with Crippen molar-refractivity contribution in [3.05, 3.63) is 64.2 Å². The number of aryl methyl sites for hydroxylation is 1. The van der Waals surface area contributed by atoms with Crippen molar-refractivity contribution in [1.82, 2.24) is 4.98 Å². The lowest BCUT2D eigenvalue weighted by Gasteiger charge is -2.13. The summed E-state index contributed by atoms with van der Waals surface area (Å²) >= 11 is 5.98. The predicted molar refractivity (Wildman–Crippen MR) is 71.0 cm³/mol. The third-order valence-electron chi connectivity index (χ3n) is 2.85. The van der Waals surface area contributed by atoms with E-state index in [1.165, 1.54) is 6.07 Å².